The predicted octanol–water partition coefficient (Wildman–Crippen LogP) is 0.0602. The van der Waals surface area contributed by atoms with E-state index in [1.165, 1.54) is 0 Å². The van der Waals surface area contributed by atoms with E-state index < -0.39 is 5.97 Å². The Bertz CT molecular complexity index is 353. The summed E-state index contributed by atoms with van der Waals surface area (Å²) in [6.07, 6.45) is 3.80. The van der Waals surface area contributed by atoms with Gasteiger partial charge in [-0.1, -0.05) is 6.42 Å². The Kier molecular flexibility index (Phi) is 5.37. The van der Waals surface area contributed by atoms with Crippen LogP contribution in [0.4, 0.5) is 0 Å². The van der Waals surface area contributed by atoms with E-state index in [1.54, 1.807) is 4.90 Å². The monoisotopic (exact) mass is 284 g/mol. The van der Waals surface area contributed by atoms with E-state index >= 15 is 0 Å². The summed E-state index contributed by atoms with van der Waals surface area (Å²) in [6.45, 7) is 2.02. The van der Waals surface area contributed by atoms with E-state index in [-0.39, 0.29) is 30.4 Å². The minimum Gasteiger partial charge on any atom is -0.481 e. The molecule has 2 rings (SSSR count). The molecule has 2 fully saturated rings. The van der Waals surface area contributed by atoms with Gasteiger partial charge in [-0.2, -0.15) is 0 Å². The molecule has 1 heterocycles. The summed E-state index contributed by atoms with van der Waals surface area (Å²) >= 11 is 0. The third kappa shape index (κ3) is 3.93. The van der Waals surface area contributed by atoms with Crippen molar-refractivity contribution < 1.29 is 19.8 Å². The van der Waals surface area contributed by atoms with Gasteiger partial charge in [0.05, 0.1) is 18.6 Å². The standard InChI is InChI=1S/C14H24N2O4/c17-12-3-1-2-11(12)8-15-9-13(18)16-6-4-10(5-7-16)14(19)20/h10-12,15,17H,1-9H2,(H,19,20). The Balaban J connectivity index is 1.64. The van der Waals surface area contributed by atoms with E-state index in [2.05, 4.69) is 5.32 Å². The molecule has 6 heteroatoms. The maximum Gasteiger partial charge on any atom is 0.306 e. The van der Waals surface area contributed by atoms with Crippen molar-refractivity contribution in [3.05, 3.63) is 0 Å². The molecular formula is C14H24N2O4. The van der Waals surface area contributed by atoms with Crippen molar-refractivity contribution in [3.8, 4) is 0 Å². The first kappa shape index (κ1) is 15.3. The Morgan fingerprint density at radius 1 is 1.15 bits per heavy atom. The zero-order valence-electron chi connectivity index (χ0n) is 11.8. The van der Waals surface area contributed by atoms with Crippen LogP contribution in [0.3, 0.4) is 0 Å². The van der Waals surface area contributed by atoms with Crippen molar-refractivity contribution in [3.63, 3.8) is 0 Å². The van der Waals surface area contributed by atoms with Crippen molar-refractivity contribution in [2.75, 3.05) is 26.2 Å². The zero-order valence-corrected chi connectivity index (χ0v) is 11.8. The third-order valence-corrected chi connectivity index (χ3v) is 4.50. The van der Waals surface area contributed by atoms with Gasteiger partial charge in [-0.15, -0.1) is 0 Å². The molecule has 0 aromatic rings. The quantitative estimate of drug-likeness (QED) is 0.664. The molecule has 1 aliphatic heterocycles. The molecule has 2 aliphatic rings. The second-order valence-electron chi connectivity index (χ2n) is 5.88. The van der Waals surface area contributed by atoms with Crippen LogP contribution < -0.4 is 5.32 Å². The van der Waals surface area contributed by atoms with E-state index in [0.29, 0.717) is 32.5 Å². The summed E-state index contributed by atoms with van der Waals surface area (Å²) in [5.74, 6) is -0.770. The summed E-state index contributed by atoms with van der Waals surface area (Å²) in [5.41, 5.74) is 0. The zero-order chi connectivity index (χ0) is 14.5. The highest BCUT2D eigenvalue weighted by Gasteiger charge is 2.28. The molecule has 1 amide bonds. The van der Waals surface area contributed by atoms with Crippen molar-refractivity contribution in [2.45, 2.75) is 38.2 Å². The van der Waals surface area contributed by atoms with Gasteiger partial charge in [0.25, 0.3) is 0 Å². The fraction of sp³-hybridized carbons (Fsp3) is 0.857. The molecule has 1 saturated carbocycles. The number of hydrogen-bond donors (Lipinski definition) is 3. The number of carboxylic acid groups (broad SMARTS) is 1. The maximum atomic E-state index is 12.0. The van der Waals surface area contributed by atoms with Crippen LogP contribution in [0, 0.1) is 11.8 Å². The average molecular weight is 284 g/mol. The topological polar surface area (TPSA) is 89.9 Å². The van der Waals surface area contributed by atoms with Crippen LogP contribution in [-0.2, 0) is 9.59 Å². The third-order valence-electron chi connectivity index (χ3n) is 4.50. The molecule has 1 aliphatic carbocycles. The number of nitrogens with one attached hydrogen (secondary N) is 1. The number of carbonyl (C=O) groups is 2. The van der Waals surface area contributed by atoms with Gasteiger partial charge >= 0.3 is 5.97 Å². The van der Waals surface area contributed by atoms with E-state index in [0.717, 1.165) is 19.3 Å². The lowest BCUT2D eigenvalue weighted by atomic mass is 9.97. The minimum absolute atomic E-state index is 0.0290. The number of aliphatic hydroxyl groups excluding tert-OH is 1. The Morgan fingerprint density at radius 2 is 1.85 bits per heavy atom. The number of likely N-dealkylation sites (tertiary alicyclic amines) is 1. The first-order valence-electron chi connectivity index (χ1n) is 7.47. The van der Waals surface area contributed by atoms with Crippen LogP contribution in [0.15, 0.2) is 0 Å². The molecule has 0 bridgehead atoms. The number of amides is 1. The van der Waals surface area contributed by atoms with Crippen LogP contribution in [0.1, 0.15) is 32.1 Å². The molecule has 2 unspecified atom stereocenters. The molecule has 114 valence electrons. The number of aliphatic carboxylic acids is 1. The number of rotatable bonds is 5. The lowest BCUT2D eigenvalue weighted by Crippen LogP contribution is -2.44. The highest BCUT2D eigenvalue weighted by atomic mass is 16.4. The number of carboxylic acids is 1. The second kappa shape index (κ2) is 7.04. The first-order chi connectivity index (χ1) is 9.58. The molecule has 0 aromatic carbocycles. The number of piperidine rings is 1. The summed E-state index contributed by atoms with van der Waals surface area (Å²) < 4.78 is 0. The van der Waals surface area contributed by atoms with Gasteiger partial charge in [-0.3, -0.25) is 9.59 Å². The fourth-order valence-corrected chi connectivity index (χ4v) is 3.11. The molecule has 20 heavy (non-hydrogen) atoms. The van der Waals surface area contributed by atoms with Gasteiger partial charge in [-0.05, 0) is 31.6 Å². The van der Waals surface area contributed by atoms with Gasteiger partial charge in [0.1, 0.15) is 0 Å². The van der Waals surface area contributed by atoms with Crippen molar-refractivity contribution in [1.29, 1.82) is 0 Å². The summed E-state index contributed by atoms with van der Waals surface area (Å²) in [6, 6.07) is 0. The lowest BCUT2D eigenvalue weighted by Gasteiger charge is -2.30. The van der Waals surface area contributed by atoms with Crippen LogP contribution in [0.2, 0.25) is 0 Å². The SMILES string of the molecule is O=C(O)C1CCN(C(=O)CNCC2CCCC2O)CC1. The predicted molar refractivity (Wildman–Crippen MR) is 73.2 cm³/mol. The molecule has 6 nitrogen and oxygen atoms in total. The number of carbonyl (C=O) groups excluding carboxylic acids is 1. The average Bonchev–Trinajstić information content (AvgIpc) is 2.84. The van der Waals surface area contributed by atoms with Gasteiger partial charge in [0.2, 0.25) is 5.91 Å². The summed E-state index contributed by atoms with van der Waals surface area (Å²) in [7, 11) is 0. The van der Waals surface area contributed by atoms with Gasteiger partial charge < -0.3 is 20.4 Å². The Hall–Kier alpha value is -1.14. The minimum atomic E-state index is -0.759. The number of hydrogen-bond acceptors (Lipinski definition) is 4. The van der Waals surface area contributed by atoms with E-state index in [4.69, 9.17) is 5.11 Å². The first-order valence-corrected chi connectivity index (χ1v) is 7.47. The molecule has 0 radical (unpaired) electrons. The molecule has 2 atom stereocenters. The van der Waals surface area contributed by atoms with E-state index in [9.17, 15) is 14.7 Å². The molecule has 1 saturated heterocycles. The summed E-state index contributed by atoms with van der Waals surface area (Å²) in [5, 5.41) is 21.7. The highest BCUT2D eigenvalue weighted by Crippen LogP contribution is 2.24. The number of aliphatic hydroxyl groups is 1. The van der Waals surface area contributed by atoms with Crippen LogP contribution in [0.5, 0.6) is 0 Å². The molecule has 0 aromatic heterocycles. The smallest absolute Gasteiger partial charge is 0.306 e. The van der Waals surface area contributed by atoms with Crippen molar-refractivity contribution in [2.24, 2.45) is 11.8 Å². The van der Waals surface area contributed by atoms with Crippen LogP contribution in [0.25, 0.3) is 0 Å². The van der Waals surface area contributed by atoms with Gasteiger partial charge in [0.15, 0.2) is 0 Å². The van der Waals surface area contributed by atoms with E-state index in [1.807, 2.05) is 0 Å². The summed E-state index contributed by atoms with van der Waals surface area (Å²) in [4.78, 5) is 24.6. The molecule has 3 N–H and O–H groups in total. The van der Waals surface area contributed by atoms with Gasteiger partial charge in [-0.25, -0.2) is 0 Å². The van der Waals surface area contributed by atoms with Crippen molar-refractivity contribution >= 4 is 11.9 Å². The molecule has 0 spiro atoms. The van der Waals surface area contributed by atoms with Gasteiger partial charge in [0, 0.05) is 19.6 Å². The van der Waals surface area contributed by atoms with Crippen LogP contribution >= 0.6 is 0 Å². The highest BCUT2D eigenvalue weighted by molar-refractivity contribution is 5.78. The number of nitrogens with zero attached hydrogens (tertiary/aromatic N) is 1. The normalized spacial score (nSPS) is 27.8. The maximum absolute atomic E-state index is 12.0. The largest absolute Gasteiger partial charge is 0.481 e. The van der Waals surface area contributed by atoms with Crippen LogP contribution in [-0.4, -0.2) is 59.3 Å². The second-order valence-corrected chi connectivity index (χ2v) is 5.88. The van der Waals surface area contributed by atoms with Crippen molar-refractivity contribution in [1.82, 2.24) is 10.2 Å². The Labute approximate surface area is 119 Å². The molecular weight excluding hydrogens is 260 g/mol. The Morgan fingerprint density at radius 3 is 2.40 bits per heavy atom. The fourth-order valence-electron chi connectivity index (χ4n) is 3.11. The lowest BCUT2D eigenvalue weighted by molar-refractivity contribution is -0.145.